The Labute approximate surface area is 96.6 Å². The van der Waals surface area contributed by atoms with Crippen LogP contribution in [0.15, 0.2) is 0 Å². The van der Waals surface area contributed by atoms with E-state index < -0.39 is 5.60 Å². The third-order valence-corrected chi connectivity index (χ3v) is 2.40. The van der Waals surface area contributed by atoms with Crippen molar-refractivity contribution in [2.45, 2.75) is 46.6 Å². The summed E-state index contributed by atoms with van der Waals surface area (Å²) in [6.07, 6.45) is 0.294. The van der Waals surface area contributed by atoms with Crippen LogP contribution in [0.25, 0.3) is 0 Å². The van der Waals surface area contributed by atoms with Crippen molar-refractivity contribution in [1.82, 2.24) is 9.78 Å². The van der Waals surface area contributed by atoms with Gasteiger partial charge in [0.05, 0.1) is 12.1 Å². The van der Waals surface area contributed by atoms with Crippen molar-refractivity contribution >= 4 is 5.97 Å². The third kappa shape index (κ3) is 3.08. The zero-order valence-electron chi connectivity index (χ0n) is 10.9. The number of hydrogen-bond donors (Lipinski definition) is 0. The zero-order valence-corrected chi connectivity index (χ0v) is 10.9. The molecule has 0 saturated heterocycles. The normalized spacial score (nSPS) is 11.6. The molecule has 0 N–H and O–H groups in total. The van der Waals surface area contributed by atoms with Gasteiger partial charge in [0.15, 0.2) is 0 Å². The van der Waals surface area contributed by atoms with Crippen LogP contribution >= 0.6 is 0 Å². The largest absolute Gasteiger partial charge is 0.460 e. The molecule has 0 spiro atoms. The predicted octanol–water partition coefficient (Wildman–Crippen LogP) is 1.92. The molecule has 1 rings (SSSR count). The predicted molar refractivity (Wildman–Crippen MR) is 62.2 cm³/mol. The first-order valence-corrected chi connectivity index (χ1v) is 5.41. The Morgan fingerprint density at radius 3 is 2.31 bits per heavy atom. The van der Waals surface area contributed by atoms with Crippen molar-refractivity contribution < 1.29 is 9.53 Å². The van der Waals surface area contributed by atoms with Gasteiger partial charge in [-0.2, -0.15) is 5.10 Å². The van der Waals surface area contributed by atoms with E-state index in [1.807, 2.05) is 41.7 Å². The number of aryl methyl sites for hydroxylation is 2. The first kappa shape index (κ1) is 12.7. The molecule has 0 saturated carbocycles. The lowest BCUT2D eigenvalue weighted by molar-refractivity contribution is -0.153. The molecule has 1 aromatic rings. The summed E-state index contributed by atoms with van der Waals surface area (Å²) < 4.78 is 7.07. The molecular weight excluding hydrogens is 204 g/mol. The molecule has 4 nitrogen and oxygen atoms in total. The maximum Gasteiger partial charge on any atom is 0.310 e. The summed E-state index contributed by atoms with van der Waals surface area (Å²) in [7, 11) is 1.88. The summed E-state index contributed by atoms with van der Waals surface area (Å²) in [5.74, 6) is -0.202. The van der Waals surface area contributed by atoms with Gasteiger partial charge in [-0.15, -0.1) is 0 Å². The van der Waals surface area contributed by atoms with Crippen molar-refractivity contribution in [3.05, 3.63) is 17.0 Å². The van der Waals surface area contributed by atoms with Crippen molar-refractivity contribution in [2.24, 2.45) is 7.05 Å². The fourth-order valence-electron chi connectivity index (χ4n) is 1.60. The van der Waals surface area contributed by atoms with Crippen LogP contribution in [-0.4, -0.2) is 21.4 Å². The summed E-state index contributed by atoms with van der Waals surface area (Å²) in [5, 5.41) is 4.27. The number of carbonyl (C=O) groups excluding carboxylic acids is 1. The molecule has 1 heterocycles. The van der Waals surface area contributed by atoms with Crippen LogP contribution in [0.4, 0.5) is 0 Å². The lowest BCUT2D eigenvalue weighted by atomic mass is 10.1. The molecular formula is C12H20N2O2. The van der Waals surface area contributed by atoms with Gasteiger partial charge >= 0.3 is 5.97 Å². The molecule has 0 unspecified atom stereocenters. The lowest BCUT2D eigenvalue weighted by Gasteiger charge is -2.19. The van der Waals surface area contributed by atoms with Gasteiger partial charge in [-0.05, 0) is 34.6 Å². The van der Waals surface area contributed by atoms with Crippen molar-refractivity contribution in [2.75, 3.05) is 0 Å². The molecule has 4 heteroatoms. The van der Waals surface area contributed by atoms with Crippen molar-refractivity contribution in [3.8, 4) is 0 Å². The van der Waals surface area contributed by atoms with Gasteiger partial charge < -0.3 is 4.74 Å². The van der Waals surface area contributed by atoms with E-state index in [9.17, 15) is 4.79 Å². The van der Waals surface area contributed by atoms with E-state index in [1.54, 1.807) is 4.68 Å². The van der Waals surface area contributed by atoms with Crippen LogP contribution in [0.1, 0.15) is 37.7 Å². The van der Waals surface area contributed by atoms with Crippen LogP contribution < -0.4 is 0 Å². The number of esters is 1. The average Bonchev–Trinajstić information content (AvgIpc) is 2.29. The van der Waals surface area contributed by atoms with Crippen LogP contribution in [0.2, 0.25) is 0 Å². The highest BCUT2D eigenvalue weighted by molar-refractivity contribution is 5.73. The van der Waals surface area contributed by atoms with Crippen LogP contribution in [0.3, 0.4) is 0 Å². The number of rotatable bonds is 2. The van der Waals surface area contributed by atoms with E-state index in [0.717, 1.165) is 17.0 Å². The van der Waals surface area contributed by atoms with Gasteiger partial charge in [0.2, 0.25) is 0 Å². The molecule has 0 bridgehead atoms. The fourth-order valence-corrected chi connectivity index (χ4v) is 1.60. The van der Waals surface area contributed by atoms with Gasteiger partial charge in [-0.3, -0.25) is 9.48 Å². The molecule has 1 aromatic heterocycles. The van der Waals surface area contributed by atoms with Crippen molar-refractivity contribution in [1.29, 1.82) is 0 Å². The molecule has 0 fully saturated rings. The minimum Gasteiger partial charge on any atom is -0.460 e. The Bertz CT molecular complexity index is 400. The second kappa shape index (κ2) is 4.28. The van der Waals surface area contributed by atoms with E-state index in [4.69, 9.17) is 4.74 Å². The number of nitrogens with zero attached hydrogens (tertiary/aromatic N) is 2. The van der Waals surface area contributed by atoms with Crippen LogP contribution in [0.5, 0.6) is 0 Å². The van der Waals surface area contributed by atoms with E-state index in [1.165, 1.54) is 0 Å². The van der Waals surface area contributed by atoms with E-state index in [-0.39, 0.29) is 5.97 Å². The average molecular weight is 224 g/mol. The highest BCUT2D eigenvalue weighted by atomic mass is 16.6. The molecule has 0 aromatic carbocycles. The molecule has 0 atom stereocenters. The SMILES string of the molecule is Cc1nn(C)c(C)c1CC(=O)OC(C)(C)C. The summed E-state index contributed by atoms with van der Waals surface area (Å²) in [6.45, 7) is 9.47. The number of ether oxygens (including phenoxy) is 1. The van der Waals surface area contributed by atoms with Crippen molar-refractivity contribution in [3.63, 3.8) is 0 Å². The minimum atomic E-state index is -0.429. The second-order valence-electron chi connectivity index (χ2n) is 5.04. The second-order valence-corrected chi connectivity index (χ2v) is 5.04. The standard InChI is InChI=1S/C12H20N2O2/c1-8-10(9(2)14(6)13-8)7-11(15)16-12(3,4)5/h7H2,1-6H3. The smallest absolute Gasteiger partial charge is 0.310 e. The third-order valence-electron chi connectivity index (χ3n) is 2.40. The first-order chi connectivity index (χ1) is 7.20. The summed E-state index contributed by atoms with van der Waals surface area (Å²) in [4.78, 5) is 11.7. The monoisotopic (exact) mass is 224 g/mol. The Morgan fingerprint density at radius 2 is 1.94 bits per heavy atom. The van der Waals surface area contributed by atoms with E-state index in [0.29, 0.717) is 6.42 Å². The molecule has 0 aliphatic carbocycles. The maximum absolute atomic E-state index is 11.7. The van der Waals surface area contributed by atoms with Crippen LogP contribution in [0, 0.1) is 13.8 Å². The molecule has 0 amide bonds. The van der Waals surface area contributed by atoms with Crippen LogP contribution in [-0.2, 0) is 23.0 Å². The Morgan fingerprint density at radius 1 is 1.38 bits per heavy atom. The van der Waals surface area contributed by atoms with E-state index in [2.05, 4.69) is 5.10 Å². The number of carbonyl (C=O) groups is 1. The topological polar surface area (TPSA) is 44.1 Å². The molecule has 16 heavy (non-hydrogen) atoms. The molecule has 0 aliphatic rings. The lowest BCUT2D eigenvalue weighted by Crippen LogP contribution is -2.25. The summed E-state index contributed by atoms with van der Waals surface area (Å²) in [5.41, 5.74) is 2.45. The molecule has 90 valence electrons. The van der Waals surface area contributed by atoms with Gasteiger partial charge in [0, 0.05) is 18.3 Å². The van der Waals surface area contributed by atoms with Gasteiger partial charge in [-0.1, -0.05) is 0 Å². The fraction of sp³-hybridized carbons (Fsp3) is 0.667. The zero-order chi connectivity index (χ0) is 12.5. The number of hydrogen-bond acceptors (Lipinski definition) is 3. The highest BCUT2D eigenvalue weighted by Crippen LogP contribution is 2.15. The summed E-state index contributed by atoms with van der Waals surface area (Å²) in [6, 6.07) is 0. The minimum absolute atomic E-state index is 0.202. The quantitative estimate of drug-likeness (QED) is 0.721. The number of aromatic nitrogens is 2. The Kier molecular flexibility index (Phi) is 3.41. The first-order valence-electron chi connectivity index (χ1n) is 5.41. The Hall–Kier alpha value is -1.32. The van der Waals surface area contributed by atoms with Gasteiger partial charge in [-0.25, -0.2) is 0 Å². The maximum atomic E-state index is 11.7. The van der Waals surface area contributed by atoms with Gasteiger partial charge in [0.25, 0.3) is 0 Å². The Balaban J connectivity index is 2.78. The van der Waals surface area contributed by atoms with E-state index >= 15 is 0 Å². The highest BCUT2D eigenvalue weighted by Gasteiger charge is 2.19. The molecule has 0 radical (unpaired) electrons. The van der Waals surface area contributed by atoms with Gasteiger partial charge in [0.1, 0.15) is 5.60 Å². The molecule has 0 aliphatic heterocycles. The summed E-state index contributed by atoms with van der Waals surface area (Å²) >= 11 is 0.